The minimum Gasteiger partial charge on any atom is -0.356 e. The van der Waals surface area contributed by atoms with Crippen LogP contribution in [0.4, 0.5) is 0 Å². The van der Waals surface area contributed by atoms with E-state index in [0.717, 1.165) is 30.7 Å². The predicted octanol–water partition coefficient (Wildman–Crippen LogP) is 1.01. The first-order valence-corrected chi connectivity index (χ1v) is 5.53. The molecule has 1 amide bonds. The summed E-state index contributed by atoms with van der Waals surface area (Å²) in [5, 5.41) is 2.85. The number of fused-ring (bicyclic) bond motifs is 1. The lowest BCUT2D eigenvalue weighted by molar-refractivity contribution is -0.122. The van der Waals surface area contributed by atoms with E-state index in [1.165, 1.54) is 0 Å². The number of nitrogens with one attached hydrogen (secondary N) is 1. The Bertz CT molecular complexity index is 499. The Kier molecular flexibility index (Phi) is 2.13. The normalized spacial score (nSPS) is 20.2. The molecular formula is C12H13N3O. The van der Waals surface area contributed by atoms with Crippen molar-refractivity contribution in [3.05, 3.63) is 36.3 Å². The van der Waals surface area contributed by atoms with Gasteiger partial charge in [0.1, 0.15) is 5.65 Å². The predicted molar refractivity (Wildman–Crippen MR) is 60.0 cm³/mol. The summed E-state index contributed by atoms with van der Waals surface area (Å²) in [5.74, 6) is 0.266. The van der Waals surface area contributed by atoms with Gasteiger partial charge in [-0.25, -0.2) is 4.98 Å². The molecule has 4 nitrogen and oxygen atoms in total. The van der Waals surface area contributed by atoms with Gasteiger partial charge in [0.05, 0.1) is 5.69 Å². The molecule has 2 aromatic rings. The van der Waals surface area contributed by atoms with Gasteiger partial charge in [0, 0.05) is 31.3 Å². The van der Waals surface area contributed by atoms with E-state index < -0.39 is 0 Å². The first-order valence-electron chi connectivity index (χ1n) is 5.53. The molecule has 0 saturated carbocycles. The van der Waals surface area contributed by atoms with E-state index in [1.54, 1.807) is 0 Å². The van der Waals surface area contributed by atoms with Gasteiger partial charge in [0.15, 0.2) is 0 Å². The molecule has 0 bridgehead atoms. The molecule has 4 heteroatoms. The lowest BCUT2D eigenvalue weighted by atomic mass is 10.0. The monoisotopic (exact) mass is 215 g/mol. The van der Waals surface area contributed by atoms with Gasteiger partial charge in [-0.1, -0.05) is 6.07 Å². The molecule has 2 aromatic heterocycles. The van der Waals surface area contributed by atoms with Crippen molar-refractivity contribution in [2.45, 2.75) is 12.8 Å². The molecule has 1 aliphatic rings. The summed E-state index contributed by atoms with van der Waals surface area (Å²) in [6.07, 6.45) is 5.64. The molecule has 0 radical (unpaired) electrons. The second kappa shape index (κ2) is 3.63. The van der Waals surface area contributed by atoms with Crippen LogP contribution in [0.25, 0.3) is 5.65 Å². The van der Waals surface area contributed by atoms with E-state index in [0.29, 0.717) is 0 Å². The average molecular weight is 215 g/mol. The lowest BCUT2D eigenvalue weighted by Crippen LogP contribution is -2.20. The van der Waals surface area contributed by atoms with Crippen LogP contribution in [0, 0.1) is 5.92 Å². The minimum absolute atomic E-state index is 0.102. The van der Waals surface area contributed by atoms with Crippen LogP contribution in [-0.2, 0) is 11.2 Å². The van der Waals surface area contributed by atoms with Crippen molar-refractivity contribution in [2.75, 3.05) is 6.54 Å². The fraction of sp³-hybridized carbons (Fsp3) is 0.333. The summed E-state index contributed by atoms with van der Waals surface area (Å²) in [4.78, 5) is 15.9. The van der Waals surface area contributed by atoms with Gasteiger partial charge in [0.2, 0.25) is 5.91 Å². The zero-order valence-corrected chi connectivity index (χ0v) is 8.89. The summed E-state index contributed by atoms with van der Waals surface area (Å²) in [7, 11) is 0. The Balaban J connectivity index is 1.86. The van der Waals surface area contributed by atoms with Gasteiger partial charge in [0.25, 0.3) is 0 Å². The van der Waals surface area contributed by atoms with Crippen LogP contribution in [0.3, 0.4) is 0 Å². The SMILES string of the molecule is O=C1NCCC1Cc1cn2ccccc2n1. The van der Waals surface area contributed by atoms with Gasteiger partial charge < -0.3 is 9.72 Å². The fourth-order valence-electron chi connectivity index (χ4n) is 2.18. The zero-order chi connectivity index (χ0) is 11.0. The van der Waals surface area contributed by atoms with E-state index in [1.807, 2.05) is 35.0 Å². The van der Waals surface area contributed by atoms with Crippen molar-refractivity contribution < 1.29 is 4.79 Å². The Morgan fingerprint density at radius 2 is 2.44 bits per heavy atom. The summed E-state index contributed by atoms with van der Waals surface area (Å²) < 4.78 is 1.99. The van der Waals surface area contributed by atoms with Crippen molar-refractivity contribution >= 4 is 11.6 Å². The molecule has 82 valence electrons. The number of rotatable bonds is 2. The van der Waals surface area contributed by atoms with E-state index in [4.69, 9.17) is 0 Å². The highest BCUT2D eigenvalue weighted by Crippen LogP contribution is 2.16. The first-order chi connectivity index (χ1) is 7.83. The molecule has 1 fully saturated rings. The molecule has 1 atom stereocenters. The topological polar surface area (TPSA) is 46.4 Å². The van der Waals surface area contributed by atoms with Gasteiger partial charge in [-0.05, 0) is 18.6 Å². The third-order valence-corrected chi connectivity index (χ3v) is 3.03. The van der Waals surface area contributed by atoms with Gasteiger partial charge in [-0.3, -0.25) is 4.79 Å². The third kappa shape index (κ3) is 1.56. The van der Waals surface area contributed by atoms with E-state index >= 15 is 0 Å². The molecule has 1 aliphatic heterocycles. The maximum absolute atomic E-state index is 11.4. The van der Waals surface area contributed by atoms with Gasteiger partial charge in [-0.2, -0.15) is 0 Å². The van der Waals surface area contributed by atoms with Crippen molar-refractivity contribution in [3.8, 4) is 0 Å². The van der Waals surface area contributed by atoms with E-state index in [-0.39, 0.29) is 11.8 Å². The smallest absolute Gasteiger partial charge is 0.223 e. The fourth-order valence-corrected chi connectivity index (χ4v) is 2.18. The molecular weight excluding hydrogens is 202 g/mol. The number of nitrogens with zero attached hydrogens (tertiary/aromatic N) is 2. The van der Waals surface area contributed by atoms with Gasteiger partial charge >= 0.3 is 0 Å². The average Bonchev–Trinajstić information content (AvgIpc) is 2.85. The van der Waals surface area contributed by atoms with E-state index in [9.17, 15) is 4.79 Å². The number of hydrogen-bond acceptors (Lipinski definition) is 2. The largest absolute Gasteiger partial charge is 0.356 e. The quantitative estimate of drug-likeness (QED) is 0.812. The summed E-state index contributed by atoms with van der Waals surface area (Å²) in [6.45, 7) is 0.802. The number of pyridine rings is 1. The first kappa shape index (κ1) is 9.39. The number of amides is 1. The number of hydrogen-bond donors (Lipinski definition) is 1. The zero-order valence-electron chi connectivity index (χ0n) is 8.89. The van der Waals surface area contributed by atoms with Crippen LogP contribution in [0.2, 0.25) is 0 Å². The second-order valence-electron chi connectivity index (χ2n) is 4.18. The number of carbonyl (C=O) groups is 1. The molecule has 3 heterocycles. The van der Waals surface area contributed by atoms with Crippen molar-refractivity contribution in [3.63, 3.8) is 0 Å². The number of imidazole rings is 1. The molecule has 0 aromatic carbocycles. The van der Waals surface area contributed by atoms with Crippen molar-refractivity contribution in [1.29, 1.82) is 0 Å². The van der Waals surface area contributed by atoms with Crippen LogP contribution in [0.1, 0.15) is 12.1 Å². The summed E-state index contributed by atoms with van der Waals surface area (Å²) in [6, 6.07) is 5.91. The Morgan fingerprint density at radius 3 is 3.19 bits per heavy atom. The Labute approximate surface area is 93.3 Å². The maximum atomic E-state index is 11.4. The molecule has 1 N–H and O–H groups in total. The molecule has 1 unspecified atom stereocenters. The van der Waals surface area contributed by atoms with Crippen LogP contribution in [-0.4, -0.2) is 21.8 Å². The molecule has 0 aliphatic carbocycles. The maximum Gasteiger partial charge on any atom is 0.223 e. The Hall–Kier alpha value is -1.84. The van der Waals surface area contributed by atoms with Crippen LogP contribution in [0.5, 0.6) is 0 Å². The molecule has 1 saturated heterocycles. The van der Waals surface area contributed by atoms with Crippen molar-refractivity contribution in [1.82, 2.24) is 14.7 Å². The highest BCUT2D eigenvalue weighted by atomic mass is 16.2. The molecule has 0 spiro atoms. The van der Waals surface area contributed by atoms with Crippen LogP contribution < -0.4 is 5.32 Å². The highest BCUT2D eigenvalue weighted by Gasteiger charge is 2.24. The standard InChI is InChI=1S/C12H13N3O/c16-12-9(4-5-13-12)7-10-8-15-6-2-1-3-11(15)14-10/h1-3,6,8-9H,4-5,7H2,(H,13,16). The summed E-state index contributed by atoms with van der Waals surface area (Å²) >= 11 is 0. The number of aromatic nitrogens is 2. The summed E-state index contributed by atoms with van der Waals surface area (Å²) in [5.41, 5.74) is 1.93. The minimum atomic E-state index is 0.102. The number of carbonyl (C=O) groups excluding carboxylic acids is 1. The highest BCUT2D eigenvalue weighted by molar-refractivity contribution is 5.80. The van der Waals surface area contributed by atoms with E-state index in [2.05, 4.69) is 10.3 Å². The van der Waals surface area contributed by atoms with Gasteiger partial charge in [-0.15, -0.1) is 0 Å². The van der Waals surface area contributed by atoms with Crippen LogP contribution >= 0.6 is 0 Å². The third-order valence-electron chi connectivity index (χ3n) is 3.03. The molecule has 3 rings (SSSR count). The second-order valence-corrected chi connectivity index (χ2v) is 4.18. The van der Waals surface area contributed by atoms with Crippen LogP contribution in [0.15, 0.2) is 30.6 Å². The Morgan fingerprint density at radius 1 is 1.50 bits per heavy atom. The lowest BCUT2D eigenvalue weighted by Gasteiger charge is -2.02. The molecule has 16 heavy (non-hydrogen) atoms. The van der Waals surface area contributed by atoms with Crippen molar-refractivity contribution in [2.24, 2.45) is 5.92 Å².